The van der Waals surface area contributed by atoms with E-state index in [1.165, 1.54) is 62.4 Å². The molecule has 11 aromatic carbocycles. The van der Waals surface area contributed by atoms with Crippen LogP contribution in [0.15, 0.2) is 241 Å². The highest BCUT2D eigenvalue weighted by molar-refractivity contribution is 7.26. The van der Waals surface area contributed by atoms with E-state index in [4.69, 9.17) is 19.4 Å². The molecule has 6 aromatic heterocycles. The summed E-state index contributed by atoms with van der Waals surface area (Å²) in [6.45, 7) is 0. The Hall–Kier alpha value is -9.73. The lowest BCUT2D eigenvalue weighted by Crippen LogP contribution is -2.07. The van der Waals surface area contributed by atoms with Crippen LogP contribution in [0.5, 0.6) is 0 Å². The van der Waals surface area contributed by atoms with E-state index in [2.05, 4.69) is 215 Å². The predicted octanol–water partition coefficient (Wildman–Crippen LogP) is 19.4. The summed E-state index contributed by atoms with van der Waals surface area (Å²) in [5.41, 5.74) is 13.4. The van der Waals surface area contributed by atoms with E-state index in [9.17, 15) is 0 Å². The van der Waals surface area contributed by atoms with Gasteiger partial charge in [-0.1, -0.05) is 170 Å². The van der Waals surface area contributed by atoms with Crippen LogP contribution in [0.25, 0.3) is 163 Å². The largest absolute Gasteiger partial charge is 0.456 e. The minimum Gasteiger partial charge on any atom is -0.456 e. The number of hydrogen-bond acceptors (Lipinski definition) is 6. The van der Waals surface area contributed by atoms with Crippen LogP contribution in [-0.4, -0.2) is 24.1 Å². The number of para-hydroxylation sites is 3. The molecule has 8 heteroatoms. The van der Waals surface area contributed by atoms with E-state index >= 15 is 0 Å². The molecule has 0 saturated carbocycles. The molecule has 0 aliphatic heterocycles. The van der Waals surface area contributed by atoms with Gasteiger partial charge in [0, 0.05) is 89.5 Å². The summed E-state index contributed by atoms with van der Waals surface area (Å²) in [6.07, 6.45) is 0. The third-order valence-corrected chi connectivity index (χ3v) is 17.8. The molecule has 6 heterocycles. The van der Waals surface area contributed by atoms with Gasteiger partial charge in [-0.3, -0.25) is 4.57 Å². The molecule has 0 spiro atoms. The molecule has 0 aliphatic rings. The fourth-order valence-corrected chi connectivity index (χ4v) is 14.5. The molecule has 17 aromatic rings. The summed E-state index contributed by atoms with van der Waals surface area (Å²) in [6, 6.07) is 84.8. The lowest BCUT2D eigenvalue weighted by atomic mass is 9.96. The summed E-state index contributed by atoms with van der Waals surface area (Å²) < 4.78 is 16.5. The average molecular weight is 1020 g/mol. The smallest absolute Gasteiger partial charge is 0.238 e. The highest BCUT2D eigenvalue weighted by Crippen LogP contribution is 2.46. The molecule has 358 valence electrons. The Morgan fingerprint density at radius 2 is 0.883 bits per heavy atom. The van der Waals surface area contributed by atoms with Crippen LogP contribution in [0.4, 0.5) is 0 Å². The first kappa shape index (κ1) is 42.6. The molecule has 6 nitrogen and oxygen atoms in total. The second kappa shape index (κ2) is 16.4. The molecular formula is C69H39N5OS2. The fraction of sp³-hybridized carbons (Fsp3) is 0. The van der Waals surface area contributed by atoms with E-state index in [0.29, 0.717) is 17.6 Å². The van der Waals surface area contributed by atoms with Gasteiger partial charge in [-0.05, 0) is 89.0 Å². The Balaban J connectivity index is 0.863. The Morgan fingerprint density at radius 1 is 0.312 bits per heavy atom. The van der Waals surface area contributed by atoms with E-state index in [1.54, 1.807) is 0 Å². The van der Waals surface area contributed by atoms with E-state index in [-0.39, 0.29) is 0 Å². The SMILES string of the molecule is c1ccc(-c2nc(-c3cccc4oc5ccc(-c6cccc7sc8cc(-c9ccc%10c(c9)sc9ccccc9%10)ccc8c67)cc5c34)nc(-n3c4ccccc4c4ccc5c6ccccc6n(-c6ccccc6)c5c43)n2)cc1. The van der Waals surface area contributed by atoms with Crippen LogP contribution in [0.2, 0.25) is 0 Å². The zero-order valence-electron chi connectivity index (χ0n) is 41.0. The number of rotatable bonds is 6. The predicted molar refractivity (Wildman–Crippen MR) is 323 cm³/mol. The topological polar surface area (TPSA) is 61.7 Å². The number of nitrogens with zero attached hydrogens (tertiary/aromatic N) is 5. The number of thiophene rings is 2. The lowest BCUT2D eigenvalue weighted by molar-refractivity contribution is 0.669. The van der Waals surface area contributed by atoms with Crippen molar-refractivity contribution in [2.45, 2.75) is 0 Å². The molecule has 0 radical (unpaired) electrons. The zero-order chi connectivity index (χ0) is 50.3. The van der Waals surface area contributed by atoms with E-state index in [0.717, 1.165) is 82.5 Å². The van der Waals surface area contributed by atoms with Gasteiger partial charge in [-0.25, -0.2) is 4.98 Å². The zero-order valence-corrected chi connectivity index (χ0v) is 42.6. The maximum atomic E-state index is 6.74. The average Bonchev–Trinajstić information content (AvgIpc) is 4.51. The van der Waals surface area contributed by atoms with Crippen molar-refractivity contribution >= 4 is 129 Å². The van der Waals surface area contributed by atoms with Gasteiger partial charge in [0.25, 0.3) is 0 Å². The molecule has 77 heavy (non-hydrogen) atoms. The van der Waals surface area contributed by atoms with Gasteiger partial charge >= 0.3 is 0 Å². The fourth-order valence-electron chi connectivity index (χ4n) is 12.2. The summed E-state index contributed by atoms with van der Waals surface area (Å²) in [5.74, 6) is 1.67. The van der Waals surface area contributed by atoms with Crippen LogP contribution in [0.3, 0.4) is 0 Å². The van der Waals surface area contributed by atoms with Gasteiger partial charge in [0.15, 0.2) is 11.6 Å². The number of fused-ring (bicyclic) bond motifs is 16. The van der Waals surface area contributed by atoms with Crippen molar-refractivity contribution in [3.8, 4) is 56.7 Å². The van der Waals surface area contributed by atoms with Crippen LogP contribution in [-0.2, 0) is 0 Å². The van der Waals surface area contributed by atoms with Gasteiger partial charge in [-0.2, -0.15) is 9.97 Å². The highest BCUT2D eigenvalue weighted by Gasteiger charge is 2.25. The first-order chi connectivity index (χ1) is 38.2. The molecule has 0 saturated heterocycles. The minimum atomic E-state index is 0.530. The quantitative estimate of drug-likeness (QED) is 0.166. The molecule has 0 aliphatic carbocycles. The summed E-state index contributed by atoms with van der Waals surface area (Å²) in [4.78, 5) is 16.3. The van der Waals surface area contributed by atoms with Gasteiger partial charge < -0.3 is 8.98 Å². The number of hydrogen-bond donors (Lipinski definition) is 0. The molecule has 0 unspecified atom stereocenters. The summed E-state index contributed by atoms with van der Waals surface area (Å²) in [5, 5.41) is 11.7. The standard InChI is InChI=1S/C69H39N5OS2/c1-3-15-40(16-4-1)67-70-68(72-69(71-67)74-56-25-11-8-20-47(56)51-35-34-50-46-19-7-10-24-55(46)73(65(50)66(51)74)44-17-5-2-6-18-44)53-23-13-26-58-63(53)54-37-43(31-36-57(54)75-58)45-22-14-28-60-64(45)52-33-30-42(39-62(52)77-60)41-29-32-49-48-21-9-12-27-59(48)76-61(49)38-41/h1-39H. The van der Waals surface area contributed by atoms with Crippen LogP contribution in [0, 0.1) is 0 Å². The van der Waals surface area contributed by atoms with Crippen molar-refractivity contribution in [3.63, 3.8) is 0 Å². The molecule has 0 atom stereocenters. The Kier molecular flexibility index (Phi) is 9.07. The van der Waals surface area contributed by atoms with Crippen LogP contribution < -0.4 is 0 Å². The number of aromatic nitrogens is 5. The maximum Gasteiger partial charge on any atom is 0.238 e. The molecule has 0 bridgehead atoms. The highest BCUT2D eigenvalue weighted by atomic mass is 32.1. The Morgan fingerprint density at radius 3 is 1.68 bits per heavy atom. The van der Waals surface area contributed by atoms with Crippen molar-refractivity contribution in [2.24, 2.45) is 0 Å². The van der Waals surface area contributed by atoms with Crippen molar-refractivity contribution in [3.05, 3.63) is 237 Å². The van der Waals surface area contributed by atoms with Gasteiger partial charge in [0.1, 0.15) is 11.2 Å². The second-order valence-corrected chi connectivity index (χ2v) is 22.0. The Bertz CT molecular complexity index is 5290. The third-order valence-electron chi connectivity index (χ3n) is 15.6. The number of furan rings is 1. The minimum absolute atomic E-state index is 0.530. The van der Waals surface area contributed by atoms with Crippen LogP contribution >= 0.6 is 22.7 Å². The second-order valence-electron chi connectivity index (χ2n) is 19.8. The molecule has 0 fully saturated rings. The molecule has 0 N–H and O–H groups in total. The van der Waals surface area contributed by atoms with E-state index in [1.807, 2.05) is 53.0 Å². The van der Waals surface area contributed by atoms with E-state index < -0.39 is 0 Å². The molecule has 0 amide bonds. The first-order valence-electron chi connectivity index (χ1n) is 25.8. The van der Waals surface area contributed by atoms with Gasteiger partial charge in [0.2, 0.25) is 5.95 Å². The third kappa shape index (κ3) is 6.37. The van der Waals surface area contributed by atoms with Crippen molar-refractivity contribution in [2.75, 3.05) is 0 Å². The van der Waals surface area contributed by atoms with Crippen molar-refractivity contribution < 1.29 is 4.42 Å². The van der Waals surface area contributed by atoms with Crippen LogP contribution in [0.1, 0.15) is 0 Å². The molecule has 17 rings (SSSR count). The summed E-state index contributed by atoms with van der Waals surface area (Å²) in [7, 11) is 0. The molecular weight excluding hydrogens is 979 g/mol. The van der Waals surface area contributed by atoms with Gasteiger partial charge in [-0.15, -0.1) is 22.7 Å². The number of benzene rings is 11. The first-order valence-corrected chi connectivity index (χ1v) is 27.5. The van der Waals surface area contributed by atoms with Gasteiger partial charge in [0.05, 0.1) is 22.1 Å². The lowest BCUT2D eigenvalue weighted by Gasteiger charge is -2.13. The maximum absolute atomic E-state index is 6.74. The van der Waals surface area contributed by atoms with Crippen molar-refractivity contribution in [1.82, 2.24) is 24.1 Å². The normalized spacial score (nSPS) is 12.2. The van der Waals surface area contributed by atoms with Crippen molar-refractivity contribution in [1.29, 1.82) is 0 Å². The Labute approximate surface area is 447 Å². The monoisotopic (exact) mass is 1020 g/mol. The summed E-state index contributed by atoms with van der Waals surface area (Å²) >= 11 is 3.72.